The van der Waals surface area contributed by atoms with E-state index in [1.165, 1.54) is 16.9 Å². The van der Waals surface area contributed by atoms with E-state index in [1.54, 1.807) is 25.1 Å². The lowest BCUT2D eigenvalue weighted by Crippen LogP contribution is -2.46. The maximum absolute atomic E-state index is 13.2. The molecule has 1 aliphatic rings. The molecule has 1 aliphatic carbocycles. The van der Waals surface area contributed by atoms with Crippen LogP contribution in [0.25, 0.3) is 17.0 Å². The van der Waals surface area contributed by atoms with E-state index < -0.39 is 24.0 Å². The molecule has 1 atom stereocenters. The fraction of sp³-hybridized carbons (Fsp3) is 0.333. The van der Waals surface area contributed by atoms with Gasteiger partial charge in [-0.25, -0.2) is 9.50 Å². The number of nitrogens with one attached hydrogen (secondary N) is 1. The van der Waals surface area contributed by atoms with E-state index >= 15 is 0 Å². The van der Waals surface area contributed by atoms with Crippen LogP contribution in [0.2, 0.25) is 5.02 Å². The van der Waals surface area contributed by atoms with Crippen molar-refractivity contribution in [1.82, 2.24) is 24.9 Å². The SMILES string of the molecule is Cc1cc(-c2ccc(Cl)cn2)nc2c(C(=O)NC(C3CC3)C(F)(F)F)cnn12. The van der Waals surface area contributed by atoms with Crippen molar-refractivity contribution in [1.29, 1.82) is 0 Å². The van der Waals surface area contributed by atoms with Crippen LogP contribution >= 0.6 is 11.6 Å². The summed E-state index contributed by atoms with van der Waals surface area (Å²) in [6.07, 6.45) is -0.914. The second kappa shape index (κ2) is 6.73. The molecule has 6 nitrogen and oxygen atoms in total. The maximum Gasteiger partial charge on any atom is 0.408 e. The van der Waals surface area contributed by atoms with E-state index in [0.717, 1.165) is 0 Å². The van der Waals surface area contributed by atoms with Gasteiger partial charge in [-0.05, 0) is 43.9 Å². The Bertz CT molecular complexity index is 1040. The number of nitrogens with zero attached hydrogens (tertiary/aromatic N) is 4. The lowest BCUT2D eigenvalue weighted by molar-refractivity contribution is -0.158. The lowest BCUT2D eigenvalue weighted by Gasteiger charge is -2.20. The van der Waals surface area contributed by atoms with E-state index in [9.17, 15) is 18.0 Å². The lowest BCUT2D eigenvalue weighted by atomic mass is 10.1. The first kappa shape index (κ1) is 18.7. The molecule has 1 amide bonds. The Morgan fingerprint density at radius 3 is 2.64 bits per heavy atom. The molecule has 3 heterocycles. The Morgan fingerprint density at radius 1 is 1.29 bits per heavy atom. The van der Waals surface area contributed by atoms with Crippen LogP contribution in [0.5, 0.6) is 0 Å². The van der Waals surface area contributed by atoms with Crippen molar-refractivity contribution in [3.05, 3.63) is 46.9 Å². The summed E-state index contributed by atoms with van der Waals surface area (Å²) in [5.74, 6) is -1.42. The Labute approximate surface area is 162 Å². The zero-order chi connectivity index (χ0) is 20.1. The highest BCUT2D eigenvalue weighted by Crippen LogP contribution is 2.40. The maximum atomic E-state index is 13.2. The van der Waals surface area contributed by atoms with Crippen LogP contribution in [0, 0.1) is 12.8 Å². The molecule has 28 heavy (non-hydrogen) atoms. The van der Waals surface area contributed by atoms with Gasteiger partial charge in [0.1, 0.15) is 11.6 Å². The van der Waals surface area contributed by atoms with Crippen LogP contribution in [0.1, 0.15) is 28.9 Å². The predicted molar refractivity (Wildman–Crippen MR) is 96.0 cm³/mol. The number of rotatable bonds is 4. The summed E-state index contributed by atoms with van der Waals surface area (Å²) in [6.45, 7) is 1.76. The Kier molecular flexibility index (Phi) is 4.49. The molecule has 0 radical (unpaired) electrons. The third-order valence-electron chi connectivity index (χ3n) is 4.62. The fourth-order valence-corrected chi connectivity index (χ4v) is 3.16. The van der Waals surface area contributed by atoms with Crippen LogP contribution in [-0.4, -0.2) is 37.7 Å². The van der Waals surface area contributed by atoms with Gasteiger partial charge in [-0.3, -0.25) is 9.78 Å². The van der Waals surface area contributed by atoms with Crippen molar-refractivity contribution in [2.75, 3.05) is 0 Å². The third kappa shape index (κ3) is 3.54. The Balaban J connectivity index is 1.71. The van der Waals surface area contributed by atoms with Crippen molar-refractivity contribution in [2.45, 2.75) is 32.0 Å². The molecular formula is C18H15ClF3N5O. The number of hydrogen-bond acceptors (Lipinski definition) is 4. The molecule has 1 saturated carbocycles. The Hall–Kier alpha value is -2.68. The molecule has 0 aromatic carbocycles. The molecular weight excluding hydrogens is 395 g/mol. The van der Waals surface area contributed by atoms with Crippen LogP contribution < -0.4 is 5.32 Å². The van der Waals surface area contributed by atoms with Crippen LogP contribution in [0.3, 0.4) is 0 Å². The summed E-state index contributed by atoms with van der Waals surface area (Å²) in [5, 5.41) is 6.66. The molecule has 3 aromatic heterocycles. The minimum absolute atomic E-state index is 0.0196. The molecule has 0 spiro atoms. The molecule has 1 unspecified atom stereocenters. The van der Waals surface area contributed by atoms with E-state index in [-0.39, 0.29) is 11.2 Å². The summed E-state index contributed by atoms with van der Waals surface area (Å²) < 4.78 is 41.1. The second-order valence-corrected chi connectivity index (χ2v) is 7.20. The third-order valence-corrected chi connectivity index (χ3v) is 4.84. The largest absolute Gasteiger partial charge is 0.408 e. The molecule has 1 N–H and O–H groups in total. The van der Waals surface area contributed by atoms with Crippen molar-refractivity contribution < 1.29 is 18.0 Å². The average molecular weight is 410 g/mol. The monoisotopic (exact) mass is 409 g/mol. The van der Waals surface area contributed by atoms with Crippen LogP contribution in [0.15, 0.2) is 30.6 Å². The van der Waals surface area contributed by atoms with Gasteiger partial charge in [0.2, 0.25) is 0 Å². The van der Waals surface area contributed by atoms with Gasteiger partial charge < -0.3 is 5.32 Å². The van der Waals surface area contributed by atoms with Gasteiger partial charge in [-0.2, -0.15) is 18.3 Å². The summed E-state index contributed by atoms with van der Waals surface area (Å²) >= 11 is 5.85. The average Bonchev–Trinajstić information content (AvgIpc) is 3.37. The number of fused-ring (bicyclic) bond motifs is 1. The highest BCUT2D eigenvalue weighted by atomic mass is 35.5. The topological polar surface area (TPSA) is 72.2 Å². The number of halogens is 4. The number of aromatic nitrogens is 4. The van der Waals surface area contributed by atoms with Crippen molar-refractivity contribution >= 4 is 23.2 Å². The summed E-state index contributed by atoms with van der Waals surface area (Å²) in [5.41, 5.74) is 1.79. The molecule has 3 aromatic rings. The number of carbonyl (C=O) groups excluding carboxylic acids is 1. The first-order valence-electron chi connectivity index (χ1n) is 8.59. The number of amides is 1. The highest BCUT2D eigenvalue weighted by molar-refractivity contribution is 6.30. The number of hydrogen-bond donors (Lipinski definition) is 1. The number of carbonyl (C=O) groups is 1. The van der Waals surface area contributed by atoms with Gasteiger partial charge in [0.05, 0.1) is 22.6 Å². The quantitative estimate of drug-likeness (QED) is 0.711. The number of alkyl halides is 3. The highest BCUT2D eigenvalue weighted by Gasteiger charge is 2.49. The molecule has 0 bridgehead atoms. The van der Waals surface area contributed by atoms with Crippen LogP contribution in [-0.2, 0) is 0 Å². The zero-order valence-corrected chi connectivity index (χ0v) is 15.4. The molecule has 146 valence electrons. The summed E-state index contributed by atoms with van der Waals surface area (Å²) in [4.78, 5) is 21.2. The van der Waals surface area contributed by atoms with Crippen molar-refractivity contribution in [2.24, 2.45) is 5.92 Å². The summed E-state index contributed by atoms with van der Waals surface area (Å²) in [7, 11) is 0. The van der Waals surface area contributed by atoms with E-state index in [0.29, 0.717) is 34.9 Å². The summed E-state index contributed by atoms with van der Waals surface area (Å²) in [6, 6.07) is 3.18. The minimum Gasteiger partial charge on any atom is -0.340 e. The number of aryl methyl sites for hydroxylation is 1. The first-order valence-corrected chi connectivity index (χ1v) is 8.97. The van der Waals surface area contributed by atoms with E-state index in [2.05, 4.69) is 20.4 Å². The normalized spacial score (nSPS) is 15.6. The van der Waals surface area contributed by atoms with Crippen LogP contribution in [0.4, 0.5) is 13.2 Å². The van der Waals surface area contributed by atoms with E-state index in [4.69, 9.17) is 11.6 Å². The van der Waals surface area contributed by atoms with Crippen molar-refractivity contribution in [3.8, 4) is 11.4 Å². The molecule has 10 heteroatoms. The zero-order valence-electron chi connectivity index (χ0n) is 14.7. The van der Waals surface area contributed by atoms with Gasteiger partial charge in [0.25, 0.3) is 5.91 Å². The van der Waals surface area contributed by atoms with Gasteiger partial charge in [-0.15, -0.1) is 0 Å². The molecule has 0 saturated heterocycles. The van der Waals surface area contributed by atoms with Gasteiger partial charge in [-0.1, -0.05) is 11.6 Å². The minimum atomic E-state index is -4.50. The smallest absolute Gasteiger partial charge is 0.340 e. The molecule has 0 aliphatic heterocycles. The first-order chi connectivity index (χ1) is 13.2. The van der Waals surface area contributed by atoms with Gasteiger partial charge >= 0.3 is 6.18 Å². The van der Waals surface area contributed by atoms with Gasteiger partial charge in [0.15, 0.2) is 5.65 Å². The van der Waals surface area contributed by atoms with Gasteiger partial charge in [0, 0.05) is 11.9 Å². The molecule has 1 fully saturated rings. The van der Waals surface area contributed by atoms with Crippen molar-refractivity contribution in [3.63, 3.8) is 0 Å². The Morgan fingerprint density at radius 2 is 2.04 bits per heavy atom. The fourth-order valence-electron chi connectivity index (χ4n) is 3.05. The molecule has 4 rings (SSSR count). The standard InChI is InChI=1S/C18H15ClF3N5O/c1-9-6-14(13-5-4-11(19)7-23-13)25-16-12(8-24-27(9)16)17(28)26-15(10-2-3-10)18(20,21)22/h4-8,10,15H,2-3H2,1H3,(H,26,28). The predicted octanol–water partition coefficient (Wildman–Crippen LogP) is 3.82. The number of pyridine rings is 1. The second-order valence-electron chi connectivity index (χ2n) is 6.77. The van der Waals surface area contributed by atoms with E-state index in [1.807, 2.05) is 0 Å².